The van der Waals surface area contributed by atoms with Gasteiger partial charge in [0.1, 0.15) is 19.0 Å². The highest BCUT2D eigenvalue weighted by Gasteiger charge is 2.34. The van der Waals surface area contributed by atoms with Gasteiger partial charge in [-0.25, -0.2) is 9.48 Å². The summed E-state index contributed by atoms with van der Waals surface area (Å²) >= 11 is 5.98. The number of aromatic nitrogens is 3. The van der Waals surface area contributed by atoms with Crippen molar-refractivity contribution < 1.29 is 14.3 Å². The number of hydrogen-bond donors (Lipinski definition) is 1. The van der Waals surface area contributed by atoms with Gasteiger partial charge in [-0.2, -0.15) is 10.1 Å². The number of carbonyl (C=O) groups is 1. The Morgan fingerprint density at radius 1 is 1.33 bits per heavy atom. The van der Waals surface area contributed by atoms with Gasteiger partial charge in [-0.15, -0.1) is 0 Å². The maximum Gasteiger partial charge on any atom is 0.338 e. The number of hydrogen-bond acceptors (Lipinski definition) is 6. The molecule has 1 N–H and O–H groups in total. The zero-order valence-electron chi connectivity index (χ0n) is 13.3. The molecular weight excluding hydrogens is 332 g/mol. The van der Waals surface area contributed by atoms with E-state index in [9.17, 15) is 4.79 Å². The van der Waals surface area contributed by atoms with Crippen LogP contribution in [0.4, 0.5) is 5.95 Å². The minimum absolute atomic E-state index is 0.184. The third-order valence-electron chi connectivity index (χ3n) is 3.72. The maximum absolute atomic E-state index is 12.6. The molecule has 2 aromatic rings. The summed E-state index contributed by atoms with van der Waals surface area (Å²) in [5, 5.41) is 7.95. The fourth-order valence-corrected chi connectivity index (χ4v) is 2.73. The summed E-state index contributed by atoms with van der Waals surface area (Å²) in [6, 6.07) is 6.84. The van der Waals surface area contributed by atoms with Gasteiger partial charge in [0.25, 0.3) is 0 Å². The van der Waals surface area contributed by atoms with E-state index < -0.39 is 12.0 Å². The summed E-state index contributed by atoms with van der Waals surface area (Å²) in [7, 11) is 1.55. The zero-order chi connectivity index (χ0) is 17.1. The van der Waals surface area contributed by atoms with Crippen LogP contribution in [-0.2, 0) is 14.3 Å². The van der Waals surface area contributed by atoms with Gasteiger partial charge in [0.05, 0.1) is 12.2 Å². The predicted molar refractivity (Wildman–Crippen MR) is 88.8 cm³/mol. The van der Waals surface area contributed by atoms with Gasteiger partial charge in [-0.1, -0.05) is 23.7 Å². The van der Waals surface area contributed by atoms with Crippen LogP contribution in [0.25, 0.3) is 0 Å². The maximum atomic E-state index is 12.6. The highest BCUT2D eigenvalue weighted by atomic mass is 35.5. The van der Waals surface area contributed by atoms with E-state index >= 15 is 0 Å². The number of fused-ring (bicyclic) bond motifs is 1. The van der Waals surface area contributed by atoms with E-state index in [1.807, 2.05) is 19.1 Å². The molecule has 1 aromatic heterocycles. The minimum atomic E-state index is -0.434. The van der Waals surface area contributed by atoms with Gasteiger partial charge in [0.2, 0.25) is 5.95 Å². The Balaban J connectivity index is 2.00. The smallest absolute Gasteiger partial charge is 0.338 e. The number of ether oxygens (including phenoxy) is 2. The van der Waals surface area contributed by atoms with E-state index in [0.29, 0.717) is 28.8 Å². The van der Waals surface area contributed by atoms with E-state index in [2.05, 4.69) is 15.4 Å². The first-order valence-corrected chi connectivity index (χ1v) is 7.78. The molecule has 1 atom stereocenters. The van der Waals surface area contributed by atoms with Gasteiger partial charge in [-0.3, -0.25) is 0 Å². The van der Waals surface area contributed by atoms with Crippen LogP contribution in [0.3, 0.4) is 0 Å². The molecule has 8 heteroatoms. The Morgan fingerprint density at radius 3 is 2.79 bits per heavy atom. The number of anilines is 1. The van der Waals surface area contributed by atoms with Gasteiger partial charge in [0.15, 0.2) is 0 Å². The van der Waals surface area contributed by atoms with Gasteiger partial charge in [-0.05, 0) is 24.6 Å². The van der Waals surface area contributed by atoms with E-state index in [1.165, 1.54) is 6.33 Å². The summed E-state index contributed by atoms with van der Waals surface area (Å²) in [6.07, 6.45) is 1.44. The van der Waals surface area contributed by atoms with Crippen molar-refractivity contribution in [2.24, 2.45) is 0 Å². The van der Waals surface area contributed by atoms with Crippen molar-refractivity contribution in [3.63, 3.8) is 0 Å². The van der Waals surface area contributed by atoms with Crippen molar-refractivity contribution in [2.75, 3.05) is 25.6 Å². The number of nitrogens with one attached hydrogen (secondary N) is 1. The molecule has 1 aliphatic rings. The molecule has 3 rings (SSSR count). The lowest BCUT2D eigenvalue weighted by Gasteiger charge is -2.28. The van der Waals surface area contributed by atoms with Crippen LogP contribution < -0.4 is 5.32 Å². The SMILES string of the molecule is COCCOC(=O)C1=C(C)Nc2ncnn2C1c1ccc(Cl)cc1. The molecule has 0 fully saturated rings. The molecule has 0 amide bonds. The molecule has 126 valence electrons. The number of rotatable bonds is 5. The van der Waals surface area contributed by atoms with E-state index in [4.69, 9.17) is 21.1 Å². The van der Waals surface area contributed by atoms with Crippen LogP contribution in [0.1, 0.15) is 18.5 Å². The summed E-state index contributed by atoms with van der Waals surface area (Å²) in [6.45, 7) is 2.34. The van der Waals surface area contributed by atoms with E-state index in [1.54, 1.807) is 23.9 Å². The third kappa shape index (κ3) is 3.13. The summed E-state index contributed by atoms with van der Waals surface area (Å²) in [5.74, 6) is 0.152. The monoisotopic (exact) mass is 348 g/mol. The largest absolute Gasteiger partial charge is 0.460 e. The Morgan fingerprint density at radius 2 is 2.08 bits per heavy atom. The first-order valence-electron chi connectivity index (χ1n) is 7.40. The molecule has 0 saturated heterocycles. The molecule has 24 heavy (non-hydrogen) atoms. The van der Waals surface area contributed by atoms with Crippen molar-refractivity contribution >= 4 is 23.5 Å². The van der Waals surface area contributed by atoms with Gasteiger partial charge in [0, 0.05) is 17.8 Å². The standard InChI is InChI=1S/C16H17ClN4O3/c1-10-13(15(22)24-8-7-23-2)14(11-3-5-12(17)6-4-11)21-16(20-10)18-9-19-21/h3-6,9,14H,7-8H2,1-2H3,(H,18,19,20). The number of benzene rings is 1. The first-order chi connectivity index (χ1) is 11.6. The molecule has 1 aliphatic heterocycles. The summed E-state index contributed by atoms with van der Waals surface area (Å²) in [4.78, 5) is 16.8. The average Bonchev–Trinajstić information content (AvgIpc) is 3.02. The zero-order valence-corrected chi connectivity index (χ0v) is 14.1. The summed E-state index contributed by atoms with van der Waals surface area (Å²) < 4.78 is 11.9. The lowest BCUT2D eigenvalue weighted by atomic mass is 9.96. The van der Waals surface area contributed by atoms with Crippen molar-refractivity contribution in [3.8, 4) is 0 Å². The van der Waals surface area contributed by atoms with Crippen molar-refractivity contribution in [3.05, 3.63) is 52.4 Å². The minimum Gasteiger partial charge on any atom is -0.460 e. The molecular formula is C16H17ClN4O3. The molecule has 0 spiro atoms. The third-order valence-corrected chi connectivity index (χ3v) is 3.97. The number of methoxy groups -OCH3 is 1. The van der Waals surface area contributed by atoms with Gasteiger partial charge >= 0.3 is 5.97 Å². The molecule has 0 saturated carbocycles. The second-order valence-corrected chi connectivity index (χ2v) is 5.71. The van der Waals surface area contributed by atoms with Crippen LogP contribution in [0, 0.1) is 0 Å². The van der Waals surface area contributed by atoms with Crippen molar-refractivity contribution in [1.82, 2.24) is 14.8 Å². The fraction of sp³-hybridized carbons (Fsp3) is 0.312. The fourth-order valence-electron chi connectivity index (χ4n) is 2.60. The highest BCUT2D eigenvalue weighted by Crippen LogP contribution is 2.35. The summed E-state index contributed by atoms with van der Waals surface area (Å²) in [5.41, 5.74) is 2.02. The predicted octanol–water partition coefficient (Wildman–Crippen LogP) is 2.41. The number of esters is 1. The van der Waals surface area contributed by atoms with Gasteiger partial charge < -0.3 is 14.8 Å². The quantitative estimate of drug-likeness (QED) is 0.660. The van der Waals surface area contributed by atoms with Crippen molar-refractivity contribution in [1.29, 1.82) is 0 Å². The molecule has 0 radical (unpaired) electrons. The Bertz CT molecular complexity index is 770. The molecule has 1 aromatic carbocycles. The molecule has 7 nitrogen and oxygen atoms in total. The Labute approximate surface area is 144 Å². The second kappa shape index (κ2) is 7.02. The normalized spacial score (nSPS) is 16.5. The Kier molecular flexibility index (Phi) is 4.82. The van der Waals surface area contributed by atoms with Crippen LogP contribution in [-0.4, -0.2) is 41.1 Å². The number of nitrogens with zero attached hydrogens (tertiary/aromatic N) is 3. The number of carbonyl (C=O) groups excluding carboxylic acids is 1. The van der Waals surface area contributed by atoms with Crippen LogP contribution in [0.15, 0.2) is 41.9 Å². The number of halogens is 1. The molecule has 0 bridgehead atoms. The topological polar surface area (TPSA) is 78.3 Å². The van der Waals surface area contributed by atoms with Crippen LogP contribution >= 0.6 is 11.6 Å². The molecule has 2 heterocycles. The molecule has 1 unspecified atom stereocenters. The highest BCUT2D eigenvalue weighted by molar-refractivity contribution is 6.30. The van der Waals surface area contributed by atoms with E-state index in [0.717, 1.165) is 5.56 Å². The Hall–Kier alpha value is -2.38. The van der Waals surface area contributed by atoms with Crippen LogP contribution in [0.2, 0.25) is 5.02 Å². The van der Waals surface area contributed by atoms with E-state index in [-0.39, 0.29) is 6.61 Å². The second-order valence-electron chi connectivity index (χ2n) is 5.27. The average molecular weight is 349 g/mol. The number of allylic oxidation sites excluding steroid dienone is 1. The lowest BCUT2D eigenvalue weighted by Crippen LogP contribution is -2.30. The first kappa shape index (κ1) is 16.5. The molecule has 0 aliphatic carbocycles. The lowest BCUT2D eigenvalue weighted by molar-refractivity contribution is -0.140. The van der Waals surface area contributed by atoms with Crippen LogP contribution in [0.5, 0.6) is 0 Å². The van der Waals surface area contributed by atoms with Crippen molar-refractivity contribution in [2.45, 2.75) is 13.0 Å².